The van der Waals surface area contributed by atoms with Crippen LogP contribution in [0.15, 0.2) is 24.3 Å². The van der Waals surface area contributed by atoms with Crippen molar-refractivity contribution >= 4 is 5.97 Å². The van der Waals surface area contributed by atoms with Crippen molar-refractivity contribution in [2.45, 2.75) is 25.1 Å². The summed E-state index contributed by atoms with van der Waals surface area (Å²) in [5.74, 6) is -0.872. The average molecular weight is 320 g/mol. The summed E-state index contributed by atoms with van der Waals surface area (Å²) in [7, 11) is 0. The Morgan fingerprint density at radius 1 is 1.17 bits per heavy atom. The molecule has 3 rings (SSSR count). The van der Waals surface area contributed by atoms with Crippen LogP contribution in [-0.2, 0) is 11.3 Å². The Labute approximate surface area is 136 Å². The summed E-state index contributed by atoms with van der Waals surface area (Å²) in [4.78, 5) is 15.9. The minimum Gasteiger partial charge on any atom is -0.478 e. The highest BCUT2D eigenvalue weighted by atomic mass is 16.5. The highest BCUT2D eigenvalue weighted by molar-refractivity contribution is 5.89. The maximum absolute atomic E-state index is 11.3. The highest BCUT2D eigenvalue weighted by Crippen LogP contribution is 2.18. The Hall–Kier alpha value is -1.47. The van der Waals surface area contributed by atoms with E-state index in [2.05, 4.69) is 9.80 Å². The lowest BCUT2D eigenvalue weighted by Crippen LogP contribution is -2.44. The van der Waals surface area contributed by atoms with E-state index in [0.29, 0.717) is 25.3 Å². The first-order valence-electron chi connectivity index (χ1n) is 8.18. The maximum Gasteiger partial charge on any atom is 0.336 e. The van der Waals surface area contributed by atoms with Crippen LogP contribution in [0.1, 0.15) is 22.3 Å². The van der Waals surface area contributed by atoms with Gasteiger partial charge < -0.3 is 14.9 Å². The number of benzene rings is 1. The highest BCUT2D eigenvalue weighted by Gasteiger charge is 2.32. The molecule has 0 amide bonds. The molecule has 6 heteroatoms. The molecule has 6 nitrogen and oxygen atoms in total. The summed E-state index contributed by atoms with van der Waals surface area (Å²) in [6.45, 7) is 5.31. The van der Waals surface area contributed by atoms with Gasteiger partial charge in [-0.25, -0.2) is 4.79 Å². The van der Waals surface area contributed by atoms with Gasteiger partial charge in [0.2, 0.25) is 0 Å². The van der Waals surface area contributed by atoms with Crippen molar-refractivity contribution in [2.75, 3.05) is 39.4 Å². The molecular weight excluding hydrogens is 296 g/mol. The number of hydrogen-bond acceptors (Lipinski definition) is 5. The summed E-state index contributed by atoms with van der Waals surface area (Å²) in [5, 5.41) is 19.3. The van der Waals surface area contributed by atoms with Gasteiger partial charge in [-0.15, -0.1) is 0 Å². The Morgan fingerprint density at radius 2 is 2.00 bits per heavy atom. The second-order valence-corrected chi connectivity index (χ2v) is 6.30. The third-order valence-corrected chi connectivity index (χ3v) is 4.76. The fourth-order valence-corrected chi connectivity index (χ4v) is 3.47. The molecular formula is C17H24N2O4. The zero-order valence-corrected chi connectivity index (χ0v) is 13.2. The Balaban J connectivity index is 1.61. The maximum atomic E-state index is 11.3. The van der Waals surface area contributed by atoms with Crippen molar-refractivity contribution in [3.63, 3.8) is 0 Å². The smallest absolute Gasteiger partial charge is 0.336 e. The van der Waals surface area contributed by atoms with Crippen LogP contribution >= 0.6 is 0 Å². The van der Waals surface area contributed by atoms with Gasteiger partial charge in [-0.3, -0.25) is 9.80 Å². The van der Waals surface area contributed by atoms with Gasteiger partial charge >= 0.3 is 5.97 Å². The number of rotatable bonds is 4. The summed E-state index contributed by atoms with van der Waals surface area (Å²) in [5.41, 5.74) is 1.24. The van der Waals surface area contributed by atoms with Crippen LogP contribution in [0.3, 0.4) is 0 Å². The lowest BCUT2D eigenvalue weighted by atomic mass is 10.1. The van der Waals surface area contributed by atoms with Gasteiger partial charge in [0, 0.05) is 19.6 Å². The number of ether oxygens (including phenoxy) is 1. The van der Waals surface area contributed by atoms with Crippen LogP contribution in [0.5, 0.6) is 0 Å². The van der Waals surface area contributed by atoms with Gasteiger partial charge in [0.05, 0.1) is 30.9 Å². The molecule has 2 aliphatic rings. The van der Waals surface area contributed by atoms with E-state index in [1.54, 1.807) is 12.1 Å². The largest absolute Gasteiger partial charge is 0.478 e. The normalized spacial score (nSPS) is 27.0. The summed E-state index contributed by atoms with van der Waals surface area (Å²) < 4.78 is 5.36. The molecule has 1 aromatic carbocycles. The number of hydrogen-bond donors (Lipinski definition) is 2. The number of aliphatic hydroxyl groups excluding tert-OH is 1. The van der Waals surface area contributed by atoms with E-state index in [0.717, 1.165) is 38.2 Å². The molecule has 2 saturated heterocycles. The minimum atomic E-state index is -0.872. The zero-order chi connectivity index (χ0) is 16.2. The SMILES string of the molecule is O=C(O)c1ccccc1CN1CCCN(C2COCC2O)CC1. The lowest BCUT2D eigenvalue weighted by molar-refractivity contribution is 0.0693. The van der Waals surface area contributed by atoms with Crippen LogP contribution in [-0.4, -0.2) is 77.5 Å². The van der Waals surface area contributed by atoms with Crippen molar-refractivity contribution in [3.8, 4) is 0 Å². The third kappa shape index (κ3) is 3.90. The molecule has 126 valence electrons. The average Bonchev–Trinajstić information content (AvgIpc) is 2.83. The van der Waals surface area contributed by atoms with Gasteiger partial charge in [0.15, 0.2) is 0 Å². The molecule has 2 atom stereocenters. The van der Waals surface area contributed by atoms with Gasteiger partial charge in [0.25, 0.3) is 0 Å². The predicted octanol–water partition coefficient (Wildman–Crippen LogP) is 0.652. The lowest BCUT2D eigenvalue weighted by Gasteiger charge is -2.28. The van der Waals surface area contributed by atoms with Gasteiger partial charge in [-0.2, -0.15) is 0 Å². The van der Waals surface area contributed by atoms with Crippen LogP contribution in [0.4, 0.5) is 0 Å². The zero-order valence-electron chi connectivity index (χ0n) is 13.2. The first kappa shape index (κ1) is 16.4. The number of aromatic carboxylic acids is 1. The number of carboxylic acid groups (broad SMARTS) is 1. The van der Waals surface area contributed by atoms with E-state index in [1.165, 1.54) is 0 Å². The summed E-state index contributed by atoms with van der Waals surface area (Å²) >= 11 is 0. The number of aliphatic hydroxyl groups is 1. The quantitative estimate of drug-likeness (QED) is 0.849. The Kier molecular flexibility index (Phi) is 5.27. The van der Waals surface area contributed by atoms with Gasteiger partial charge in [0.1, 0.15) is 0 Å². The summed E-state index contributed by atoms with van der Waals surface area (Å²) in [6.07, 6.45) is 0.618. The first-order chi connectivity index (χ1) is 11.1. The van der Waals surface area contributed by atoms with E-state index < -0.39 is 12.1 Å². The fraction of sp³-hybridized carbons (Fsp3) is 0.588. The molecule has 0 radical (unpaired) electrons. The molecule has 1 aromatic rings. The van der Waals surface area contributed by atoms with Crippen molar-refractivity contribution < 1.29 is 19.7 Å². The number of nitrogens with zero attached hydrogens (tertiary/aromatic N) is 2. The molecule has 2 heterocycles. The third-order valence-electron chi connectivity index (χ3n) is 4.76. The topological polar surface area (TPSA) is 73.2 Å². The fourth-order valence-electron chi connectivity index (χ4n) is 3.47. The van der Waals surface area contributed by atoms with Crippen molar-refractivity contribution in [2.24, 2.45) is 0 Å². The minimum absolute atomic E-state index is 0.0984. The van der Waals surface area contributed by atoms with E-state index in [9.17, 15) is 15.0 Å². The van der Waals surface area contributed by atoms with E-state index in [4.69, 9.17) is 4.74 Å². The molecule has 0 spiro atoms. The van der Waals surface area contributed by atoms with Crippen LogP contribution in [0.2, 0.25) is 0 Å². The van der Waals surface area contributed by atoms with Gasteiger partial charge in [-0.05, 0) is 31.1 Å². The van der Waals surface area contributed by atoms with Crippen LogP contribution in [0.25, 0.3) is 0 Å². The summed E-state index contributed by atoms with van der Waals surface area (Å²) in [6, 6.07) is 7.30. The molecule has 2 fully saturated rings. The van der Waals surface area contributed by atoms with Crippen molar-refractivity contribution in [1.29, 1.82) is 0 Å². The van der Waals surface area contributed by atoms with E-state index in [1.807, 2.05) is 12.1 Å². The van der Waals surface area contributed by atoms with E-state index >= 15 is 0 Å². The second kappa shape index (κ2) is 7.40. The van der Waals surface area contributed by atoms with Crippen molar-refractivity contribution in [1.82, 2.24) is 9.80 Å². The molecule has 0 aromatic heterocycles. The number of carboxylic acids is 1. The van der Waals surface area contributed by atoms with E-state index in [-0.39, 0.29) is 6.04 Å². The Morgan fingerprint density at radius 3 is 2.74 bits per heavy atom. The molecule has 0 saturated carbocycles. The molecule has 0 aliphatic carbocycles. The monoisotopic (exact) mass is 320 g/mol. The standard InChI is InChI=1S/C17H24N2O4/c20-16-12-23-11-15(16)19-7-3-6-18(8-9-19)10-13-4-1-2-5-14(13)17(21)22/h1-2,4-5,15-16,20H,3,6-12H2,(H,21,22). The van der Waals surface area contributed by atoms with Crippen molar-refractivity contribution in [3.05, 3.63) is 35.4 Å². The molecule has 2 N–H and O–H groups in total. The molecule has 23 heavy (non-hydrogen) atoms. The number of carbonyl (C=O) groups is 1. The Bertz CT molecular complexity index is 551. The molecule has 2 aliphatic heterocycles. The predicted molar refractivity (Wildman–Crippen MR) is 85.5 cm³/mol. The molecule has 0 bridgehead atoms. The first-order valence-corrected chi connectivity index (χ1v) is 8.18. The van der Waals surface area contributed by atoms with Crippen LogP contribution in [0, 0.1) is 0 Å². The van der Waals surface area contributed by atoms with Gasteiger partial charge in [-0.1, -0.05) is 18.2 Å². The van der Waals surface area contributed by atoms with Crippen LogP contribution < -0.4 is 0 Å². The molecule has 2 unspecified atom stereocenters. The second-order valence-electron chi connectivity index (χ2n) is 6.30.